The lowest BCUT2D eigenvalue weighted by Crippen LogP contribution is -2.38. The van der Waals surface area contributed by atoms with Crippen molar-refractivity contribution in [3.05, 3.63) is 17.5 Å². The smallest absolute Gasteiger partial charge is 0.319 e. The zero-order chi connectivity index (χ0) is 17.5. The highest BCUT2D eigenvalue weighted by Gasteiger charge is 2.21. The lowest BCUT2D eigenvalue weighted by molar-refractivity contribution is -0.120. The number of nitrogens with one attached hydrogen (secondary N) is 1. The van der Waals surface area contributed by atoms with Gasteiger partial charge in [0, 0.05) is 39.4 Å². The van der Waals surface area contributed by atoms with Crippen LogP contribution in [0.5, 0.6) is 0 Å². The quantitative estimate of drug-likeness (QED) is 0.788. The summed E-state index contributed by atoms with van der Waals surface area (Å²) in [6, 6.07) is 2.01. The van der Waals surface area contributed by atoms with Gasteiger partial charge in [0.05, 0.1) is 24.5 Å². The van der Waals surface area contributed by atoms with E-state index in [-0.39, 0.29) is 11.9 Å². The Labute approximate surface area is 147 Å². The number of thioether (sulfide) groups is 1. The summed E-state index contributed by atoms with van der Waals surface area (Å²) in [6.45, 7) is 4.63. The fraction of sp³-hybridized carbons (Fsp3) is 0.688. The van der Waals surface area contributed by atoms with Crippen molar-refractivity contribution in [3.8, 4) is 0 Å². The maximum absolute atomic E-state index is 12.2. The molecule has 1 aromatic heterocycles. The Morgan fingerprint density at radius 2 is 2.17 bits per heavy atom. The first-order valence-corrected chi connectivity index (χ1v) is 9.53. The van der Waals surface area contributed by atoms with E-state index in [2.05, 4.69) is 17.3 Å². The minimum atomic E-state index is 0.0212. The summed E-state index contributed by atoms with van der Waals surface area (Å²) < 4.78 is 1.96. The number of fused-ring (bicyclic) bond motifs is 1. The van der Waals surface area contributed by atoms with E-state index in [1.54, 1.807) is 30.8 Å². The van der Waals surface area contributed by atoms with E-state index in [4.69, 9.17) is 0 Å². The Hall–Kier alpha value is -1.70. The maximum Gasteiger partial charge on any atom is 0.319 e. The van der Waals surface area contributed by atoms with Crippen molar-refractivity contribution < 1.29 is 9.59 Å². The van der Waals surface area contributed by atoms with Gasteiger partial charge < -0.3 is 15.1 Å². The normalized spacial score (nSPS) is 14.0. The molecule has 2 heterocycles. The second-order valence-corrected chi connectivity index (χ2v) is 7.42. The van der Waals surface area contributed by atoms with Crippen LogP contribution < -0.4 is 5.32 Å². The molecule has 0 saturated heterocycles. The molecule has 1 aliphatic heterocycles. The van der Waals surface area contributed by atoms with Crippen molar-refractivity contribution >= 4 is 23.7 Å². The molecule has 24 heavy (non-hydrogen) atoms. The van der Waals surface area contributed by atoms with Gasteiger partial charge in [-0.25, -0.2) is 4.79 Å². The fourth-order valence-electron chi connectivity index (χ4n) is 2.64. The van der Waals surface area contributed by atoms with Gasteiger partial charge in [0.15, 0.2) is 0 Å². The largest absolute Gasteiger partial charge is 0.350 e. The molecule has 0 bridgehead atoms. The predicted octanol–water partition coefficient (Wildman–Crippen LogP) is 1.53. The highest BCUT2D eigenvalue weighted by molar-refractivity contribution is 7.99. The van der Waals surface area contributed by atoms with Crippen LogP contribution in [0.15, 0.2) is 6.07 Å². The van der Waals surface area contributed by atoms with Gasteiger partial charge in [0.1, 0.15) is 0 Å². The van der Waals surface area contributed by atoms with Crippen LogP contribution in [0.4, 0.5) is 4.79 Å². The van der Waals surface area contributed by atoms with E-state index in [0.717, 1.165) is 42.4 Å². The molecule has 8 heteroatoms. The molecule has 0 radical (unpaired) electrons. The minimum Gasteiger partial charge on any atom is -0.350 e. The van der Waals surface area contributed by atoms with Gasteiger partial charge in [-0.1, -0.05) is 6.92 Å². The van der Waals surface area contributed by atoms with Gasteiger partial charge in [-0.3, -0.25) is 9.48 Å². The highest BCUT2D eigenvalue weighted by Crippen LogP contribution is 2.15. The van der Waals surface area contributed by atoms with Crippen LogP contribution in [0.1, 0.15) is 31.2 Å². The first-order valence-electron chi connectivity index (χ1n) is 8.37. The molecule has 1 N–H and O–H groups in total. The first-order chi connectivity index (χ1) is 11.5. The number of urea groups is 1. The molecule has 1 aromatic rings. The fourth-order valence-corrected chi connectivity index (χ4v) is 3.26. The average molecular weight is 353 g/mol. The predicted molar refractivity (Wildman–Crippen MR) is 95.8 cm³/mol. The first kappa shape index (κ1) is 18.6. The van der Waals surface area contributed by atoms with Crippen LogP contribution >= 0.6 is 11.8 Å². The molecule has 0 aliphatic carbocycles. The number of hydrogen-bond donors (Lipinski definition) is 1. The van der Waals surface area contributed by atoms with E-state index in [9.17, 15) is 9.59 Å². The van der Waals surface area contributed by atoms with Crippen LogP contribution in [0, 0.1) is 0 Å². The number of amides is 3. The van der Waals surface area contributed by atoms with Crippen molar-refractivity contribution in [3.63, 3.8) is 0 Å². The van der Waals surface area contributed by atoms with Gasteiger partial charge in [-0.2, -0.15) is 16.9 Å². The molecular weight excluding hydrogens is 326 g/mol. The molecule has 0 unspecified atom stereocenters. The third-order valence-corrected chi connectivity index (χ3v) is 4.76. The lowest BCUT2D eigenvalue weighted by atomic mass is 10.3. The number of rotatable bonds is 6. The Kier molecular flexibility index (Phi) is 6.96. The van der Waals surface area contributed by atoms with Crippen LogP contribution in [0.2, 0.25) is 0 Å². The summed E-state index contributed by atoms with van der Waals surface area (Å²) in [7, 11) is 3.53. The van der Waals surface area contributed by atoms with Crippen LogP contribution in [0.25, 0.3) is 0 Å². The molecule has 2 rings (SSSR count). The number of carbonyl (C=O) groups excluding carboxylic acids is 2. The third-order valence-electron chi connectivity index (χ3n) is 3.86. The SMILES string of the molecule is CCSCCC(=O)NCc1cc2n(n1)CCCN(C(=O)N(C)C)C2. The van der Waals surface area contributed by atoms with Gasteiger partial charge >= 0.3 is 6.03 Å². The number of nitrogens with zero attached hydrogens (tertiary/aromatic N) is 4. The van der Waals surface area contributed by atoms with Crippen molar-refractivity contribution in [2.75, 3.05) is 32.1 Å². The zero-order valence-electron chi connectivity index (χ0n) is 14.7. The number of aromatic nitrogens is 2. The summed E-state index contributed by atoms with van der Waals surface area (Å²) in [5, 5.41) is 7.48. The number of carbonyl (C=O) groups is 2. The molecule has 134 valence electrons. The highest BCUT2D eigenvalue weighted by atomic mass is 32.2. The maximum atomic E-state index is 12.2. The second-order valence-electron chi connectivity index (χ2n) is 6.03. The van der Waals surface area contributed by atoms with Gasteiger partial charge in [-0.15, -0.1) is 0 Å². The van der Waals surface area contributed by atoms with E-state index in [0.29, 0.717) is 19.5 Å². The zero-order valence-corrected chi connectivity index (χ0v) is 15.6. The van der Waals surface area contributed by atoms with E-state index < -0.39 is 0 Å². The Balaban J connectivity index is 1.91. The summed E-state index contributed by atoms with van der Waals surface area (Å²) >= 11 is 1.77. The molecule has 0 spiro atoms. The second kappa shape index (κ2) is 8.96. The Bertz CT molecular complexity index is 573. The van der Waals surface area contributed by atoms with Crippen molar-refractivity contribution in [1.29, 1.82) is 0 Å². The summed E-state index contributed by atoms with van der Waals surface area (Å²) in [6.07, 6.45) is 1.42. The Morgan fingerprint density at radius 3 is 2.88 bits per heavy atom. The molecule has 0 atom stereocenters. The van der Waals surface area contributed by atoms with Crippen LogP contribution in [-0.2, 0) is 24.4 Å². The van der Waals surface area contributed by atoms with E-state index >= 15 is 0 Å². The molecule has 7 nitrogen and oxygen atoms in total. The monoisotopic (exact) mass is 353 g/mol. The molecule has 0 fully saturated rings. The van der Waals surface area contributed by atoms with Crippen molar-refractivity contribution in [1.82, 2.24) is 24.9 Å². The molecule has 0 aromatic carbocycles. The van der Waals surface area contributed by atoms with E-state index in [1.807, 2.05) is 15.6 Å². The summed E-state index contributed by atoms with van der Waals surface area (Å²) in [5.74, 6) is 1.94. The van der Waals surface area contributed by atoms with Crippen molar-refractivity contribution in [2.45, 2.75) is 39.4 Å². The lowest BCUT2D eigenvalue weighted by Gasteiger charge is -2.23. The van der Waals surface area contributed by atoms with Gasteiger partial charge in [-0.05, 0) is 18.2 Å². The van der Waals surface area contributed by atoms with Crippen LogP contribution in [-0.4, -0.2) is 63.7 Å². The molecule has 0 saturated carbocycles. The average Bonchev–Trinajstić information content (AvgIpc) is 2.83. The molecule has 3 amide bonds. The molecule has 1 aliphatic rings. The van der Waals surface area contributed by atoms with Gasteiger partial charge in [0.25, 0.3) is 0 Å². The van der Waals surface area contributed by atoms with E-state index in [1.165, 1.54) is 0 Å². The minimum absolute atomic E-state index is 0.0212. The summed E-state index contributed by atoms with van der Waals surface area (Å²) in [4.78, 5) is 27.4. The van der Waals surface area contributed by atoms with Crippen molar-refractivity contribution in [2.24, 2.45) is 0 Å². The standard InChI is InChI=1S/C16H27N5O2S/c1-4-24-9-6-15(22)17-11-13-10-14-12-20(16(23)19(2)3)7-5-8-21(14)18-13/h10H,4-9,11-12H2,1-3H3,(H,17,22). The number of hydrogen-bond acceptors (Lipinski definition) is 4. The summed E-state index contributed by atoms with van der Waals surface area (Å²) in [5.41, 5.74) is 1.87. The van der Waals surface area contributed by atoms with Crippen LogP contribution in [0.3, 0.4) is 0 Å². The third kappa shape index (κ3) is 5.15. The van der Waals surface area contributed by atoms with Gasteiger partial charge in [0.2, 0.25) is 5.91 Å². The molecular formula is C16H27N5O2S. The number of aryl methyl sites for hydroxylation is 1. The Morgan fingerprint density at radius 1 is 1.38 bits per heavy atom. The topological polar surface area (TPSA) is 70.5 Å².